The van der Waals surface area contributed by atoms with Crippen LogP contribution in [0.15, 0.2) is 24.3 Å². The van der Waals surface area contributed by atoms with Crippen LogP contribution >= 0.6 is 0 Å². The van der Waals surface area contributed by atoms with E-state index in [1.165, 1.54) is 263 Å². The zero-order valence-corrected chi connectivity index (χ0v) is 50.8. The van der Waals surface area contributed by atoms with Crippen molar-refractivity contribution in [2.24, 2.45) is 0 Å². The fraction of sp³-hybridized carbons (Fsp3) is 0.899. The first-order chi connectivity index (χ1) is 37.0. The molecular formula is C69H130O6. The van der Waals surface area contributed by atoms with Crippen LogP contribution in [0.4, 0.5) is 0 Å². The molecule has 0 aromatic rings. The highest BCUT2D eigenvalue weighted by Crippen LogP contribution is 2.19. The lowest BCUT2D eigenvalue weighted by atomic mass is 10.0. The van der Waals surface area contributed by atoms with Crippen molar-refractivity contribution in [2.45, 2.75) is 386 Å². The van der Waals surface area contributed by atoms with Gasteiger partial charge in [-0.25, -0.2) is 0 Å². The molecule has 6 nitrogen and oxygen atoms in total. The molecule has 0 rings (SSSR count). The molecule has 0 saturated heterocycles. The Balaban J connectivity index is 3.97. The maximum absolute atomic E-state index is 12.8. The van der Waals surface area contributed by atoms with Crippen molar-refractivity contribution in [3.8, 4) is 0 Å². The van der Waals surface area contributed by atoms with E-state index in [1.54, 1.807) is 0 Å². The van der Waals surface area contributed by atoms with Gasteiger partial charge >= 0.3 is 17.9 Å². The second-order valence-corrected chi connectivity index (χ2v) is 23.1. The molecule has 0 aromatic heterocycles. The summed E-state index contributed by atoms with van der Waals surface area (Å²) in [7, 11) is 0. The smallest absolute Gasteiger partial charge is 0.306 e. The Hall–Kier alpha value is -2.11. The van der Waals surface area contributed by atoms with Crippen molar-refractivity contribution in [3.05, 3.63) is 24.3 Å². The Morgan fingerprint density at radius 2 is 0.480 bits per heavy atom. The Bertz CT molecular complexity index is 1210. The van der Waals surface area contributed by atoms with Crippen LogP contribution in [-0.4, -0.2) is 37.2 Å². The van der Waals surface area contributed by atoms with Crippen LogP contribution < -0.4 is 0 Å². The molecule has 0 aliphatic carbocycles. The predicted octanol–water partition coefficient (Wildman–Crippen LogP) is 23.0. The van der Waals surface area contributed by atoms with E-state index in [9.17, 15) is 14.4 Å². The number of hydrogen-bond donors (Lipinski definition) is 0. The van der Waals surface area contributed by atoms with E-state index < -0.39 is 6.10 Å². The number of unbranched alkanes of at least 4 members (excludes halogenated alkanes) is 48. The van der Waals surface area contributed by atoms with E-state index in [0.717, 1.165) is 77.0 Å². The van der Waals surface area contributed by atoms with Gasteiger partial charge in [-0.1, -0.05) is 334 Å². The number of carbonyl (C=O) groups is 3. The molecule has 1 atom stereocenters. The predicted molar refractivity (Wildman–Crippen MR) is 326 cm³/mol. The number of esters is 3. The lowest BCUT2D eigenvalue weighted by Crippen LogP contribution is -2.30. The van der Waals surface area contributed by atoms with Crippen molar-refractivity contribution < 1.29 is 28.6 Å². The maximum Gasteiger partial charge on any atom is 0.306 e. The highest BCUT2D eigenvalue weighted by atomic mass is 16.6. The molecule has 0 amide bonds. The number of rotatable bonds is 63. The minimum Gasteiger partial charge on any atom is -0.462 e. The Kier molecular flexibility index (Phi) is 62.6. The van der Waals surface area contributed by atoms with Gasteiger partial charge in [0.15, 0.2) is 6.10 Å². The number of ether oxygens (including phenoxy) is 3. The van der Waals surface area contributed by atoms with Gasteiger partial charge in [0.2, 0.25) is 0 Å². The van der Waals surface area contributed by atoms with Crippen LogP contribution in [0.25, 0.3) is 0 Å². The van der Waals surface area contributed by atoms with Gasteiger partial charge in [-0.15, -0.1) is 0 Å². The van der Waals surface area contributed by atoms with E-state index in [4.69, 9.17) is 14.2 Å². The summed E-state index contributed by atoms with van der Waals surface area (Å²) in [4.78, 5) is 38.1. The van der Waals surface area contributed by atoms with Gasteiger partial charge in [-0.3, -0.25) is 14.4 Å². The highest BCUT2D eigenvalue weighted by molar-refractivity contribution is 5.71. The molecule has 0 saturated carbocycles. The average Bonchev–Trinajstić information content (AvgIpc) is 3.41. The van der Waals surface area contributed by atoms with Gasteiger partial charge < -0.3 is 14.2 Å². The molecule has 0 spiro atoms. The Morgan fingerprint density at radius 1 is 0.267 bits per heavy atom. The lowest BCUT2D eigenvalue weighted by Gasteiger charge is -2.18. The molecule has 0 N–H and O–H groups in total. The summed E-state index contributed by atoms with van der Waals surface area (Å²) in [5.74, 6) is -0.867. The Morgan fingerprint density at radius 3 is 0.747 bits per heavy atom. The molecule has 0 aliphatic heterocycles. The molecule has 0 aromatic carbocycles. The molecule has 1 unspecified atom stereocenters. The molecule has 0 bridgehead atoms. The molecule has 0 radical (unpaired) electrons. The van der Waals surface area contributed by atoms with E-state index >= 15 is 0 Å². The van der Waals surface area contributed by atoms with Crippen LogP contribution in [0.1, 0.15) is 380 Å². The lowest BCUT2D eigenvalue weighted by molar-refractivity contribution is -0.167. The average molecular weight is 1060 g/mol. The topological polar surface area (TPSA) is 78.9 Å². The first-order valence-electron chi connectivity index (χ1n) is 33.8. The fourth-order valence-electron chi connectivity index (χ4n) is 10.4. The number of carbonyl (C=O) groups excluding carboxylic acids is 3. The van der Waals surface area contributed by atoms with Gasteiger partial charge in [0.1, 0.15) is 13.2 Å². The molecule has 0 heterocycles. The maximum atomic E-state index is 12.8. The molecule has 442 valence electrons. The summed E-state index contributed by atoms with van der Waals surface area (Å²) in [6.07, 6.45) is 78.1. The van der Waals surface area contributed by atoms with E-state index in [1.807, 2.05) is 0 Å². The normalized spacial score (nSPS) is 12.1. The third kappa shape index (κ3) is 62.6. The van der Waals surface area contributed by atoms with Crippen molar-refractivity contribution in [3.63, 3.8) is 0 Å². The molecule has 0 fully saturated rings. The summed E-state index contributed by atoms with van der Waals surface area (Å²) in [5, 5.41) is 0. The first kappa shape index (κ1) is 72.9. The second-order valence-electron chi connectivity index (χ2n) is 23.1. The van der Waals surface area contributed by atoms with Gasteiger partial charge in [0, 0.05) is 19.3 Å². The van der Waals surface area contributed by atoms with Crippen molar-refractivity contribution in [1.82, 2.24) is 0 Å². The summed E-state index contributed by atoms with van der Waals surface area (Å²) in [6, 6.07) is 0. The highest BCUT2D eigenvalue weighted by Gasteiger charge is 2.19. The number of allylic oxidation sites excluding steroid dienone is 4. The van der Waals surface area contributed by atoms with Crippen LogP contribution in [0, 0.1) is 0 Å². The van der Waals surface area contributed by atoms with Gasteiger partial charge in [0.25, 0.3) is 0 Å². The van der Waals surface area contributed by atoms with Gasteiger partial charge in [0.05, 0.1) is 0 Å². The minimum absolute atomic E-state index is 0.0719. The van der Waals surface area contributed by atoms with E-state index in [-0.39, 0.29) is 31.1 Å². The van der Waals surface area contributed by atoms with E-state index in [2.05, 4.69) is 45.1 Å². The number of hydrogen-bond acceptors (Lipinski definition) is 6. The van der Waals surface area contributed by atoms with Crippen molar-refractivity contribution in [2.75, 3.05) is 13.2 Å². The van der Waals surface area contributed by atoms with Crippen LogP contribution in [-0.2, 0) is 28.6 Å². The largest absolute Gasteiger partial charge is 0.462 e. The third-order valence-electron chi connectivity index (χ3n) is 15.5. The first-order valence-corrected chi connectivity index (χ1v) is 33.8. The molecule has 75 heavy (non-hydrogen) atoms. The van der Waals surface area contributed by atoms with Crippen LogP contribution in [0.3, 0.4) is 0 Å². The van der Waals surface area contributed by atoms with Gasteiger partial charge in [-0.05, 0) is 51.4 Å². The zero-order valence-electron chi connectivity index (χ0n) is 50.8. The Labute approximate surface area is 468 Å². The summed E-state index contributed by atoms with van der Waals surface area (Å²) < 4.78 is 16.9. The van der Waals surface area contributed by atoms with Crippen molar-refractivity contribution in [1.29, 1.82) is 0 Å². The van der Waals surface area contributed by atoms with Crippen molar-refractivity contribution >= 4 is 17.9 Å². The molecule has 6 heteroatoms. The molecular weight excluding hydrogens is 925 g/mol. The second kappa shape index (κ2) is 64.4. The summed E-state index contributed by atoms with van der Waals surface area (Å²) in [6.45, 7) is 6.64. The third-order valence-corrected chi connectivity index (χ3v) is 15.5. The standard InChI is InChI=1S/C69H130O6/c1-4-7-10-13-16-19-21-23-25-27-28-29-30-31-32-33-34-35-36-37-38-39-40-41-42-43-45-46-48-50-53-56-59-62-68(71)74-65-66(64-73-67(70)61-58-55-52-18-15-12-9-6-3)75-69(72)63-60-57-54-51-49-47-44-26-24-22-20-17-14-11-8-5-2/h20,22,26,44,66H,4-19,21,23-25,27-43,45-65H2,1-3H3/b22-20-,44-26-. The van der Waals surface area contributed by atoms with Crippen LogP contribution in [0.2, 0.25) is 0 Å². The summed E-state index contributed by atoms with van der Waals surface area (Å²) in [5.41, 5.74) is 0. The minimum atomic E-state index is -0.773. The zero-order chi connectivity index (χ0) is 54.3. The fourth-order valence-corrected chi connectivity index (χ4v) is 10.4. The summed E-state index contributed by atoms with van der Waals surface area (Å²) >= 11 is 0. The quantitative estimate of drug-likeness (QED) is 0.0261. The SMILES string of the molecule is CCCCCC/C=C\C/C=C\CCCCCCCC(=O)OC(COC(=O)CCCCCCCCCC)COC(=O)CCCCCCCCCCCCCCCCCCCCCCCCCCCCCCCCCCC. The van der Waals surface area contributed by atoms with E-state index in [0.29, 0.717) is 19.3 Å². The van der Waals surface area contributed by atoms with Crippen LogP contribution in [0.5, 0.6) is 0 Å². The van der Waals surface area contributed by atoms with Gasteiger partial charge in [-0.2, -0.15) is 0 Å². The monoisotopic (exact) mass is 1050 g/mol. The molecule has 0 aliphatic rings.